The Morgan fingerprint density at radius 2 is 1.79 bits per heavy atom. The second kappa shape index (κ2) is 5.58. The molecule has 1 N–H and O–H groups in total. The van der Waals surface area contributed by atoms with Gasteiger partial charge in [-0.3, -0.25) is 9.52 Å². The molecule has 4 aliphatic rings. The molecule has 6 nitrogen and oxygen atoms in total. The summed E-state index contributed by atoms with van der Waals surface area (Å²) in [7, 11) is -3.55. The smallest absolute Gasteiger partial charge is 0.333 e. The predicted molar refractivity (Wildman–Crippen MR) is 88.4 cm³/mol. The minimum Gasteiger partial charge on any atom is -0.456 e. The molecule has 7 heteroatoms. The van der Waals surface area contributed by atoms with Crippen molar-refractivity contribution in [3.05, 3.63) is 12.2 Å². The highest BCUT2D eigenvalue weighted by atomic mass is 32.2. The predicted octanol–water partition coefficient (Wildman–Crippen LogP) is 1.91. The van der Waals surface area contributed by atoms with Gasteiger partial charge in [0.05, 0.1) is 6.26 Å². The zero-order valence-corrected chi connectivity index (χ0v) is 15.1. The highest BCUT2D eigenvalue weighted by Gasteiger charge is 2.60. The highest BCUT2D eigenvalue weighted by Crippen LogP contribution is 2.64. The van der Waals surface area contributed by atoms with Gasteiger partial charge in [0.2, 0.25) is 15.9 Å². The molecule has 0 radical (unpaired) electrons. The molecule has 134 valence electrons. The fourth-order valence-corrected chi connectivity index (χ4v) is 6.04. The Kier molecular flexibility index (Phi) is 4.06. The van der Waals surface area contributed by atoms with Crippen molar-refractivity contribution < 1.29 is 22.7 Å². The number of carbonyl (C=O) groups excluding carboxylic acids is 2. The van der Waals surface area contributed by atoms with Crippen LogP contribution in [0.1, 0.15) is 51.9 Å². The number of amides is 1. The van der Waals surface area contributed by atoms with Gasteiger partial charge in [-0.1, -0.05) is 6.58 Å². The second-order valence-electron chi connectivity index (χ2n) is 8.29. The second-order valence-corrected chi connectivity index (χ2v) is 10.0. The molecule has 2 atom stereocenters. The van der Waals surface area contributed by atoms with Crippen LogP contribution in [0.15, 0.2) is 12.2 Å². The first-order valence-corrected chi connectivity index (χ1v) is 10.3. The zero-order chi connectivity index (χ0) is 17.8. The van der Waals surface area contributed by atoms with Crippen molar-refractivity contribution in [3.8, 4) is 0 Å². The zero-order valence-electron chi connectivity index (χ0n) is 14.3. The van der Waals surface area contributed by atoms with Gasteiger partial charge in [0, 0.05) is 12.0 Å². The Hall–Kier alpha value is -1.37. The Labute approximate surface area is 143 Å². The fraction of sp³-hybridized carbons (Fsp3) is 0.765. The monoisotopic (exact) mass is 355 g/mol. The van der Waals surface area contributed by atoms with E-state index in [0.29, 0.717) is 23.8 Å². The summed E-state index contributed by atoms with van der Waals surface area (Å²) in [5, 5.41) is 0. The van der Waals surface area contributed by atoms with Gasteiger partial charge >= 0.3 is 5.97 Å². The third-order valence-electron chi connectivity index (χ3n) is 5.62. The molecule has 4 bridgehead atoms. The molecule has 0 aromatic rings. The first-order chi connectivity index (χ1) is 11.0. The van der Waals surface area contributed by atoms with Crippen molar-refractivity contribution in [2.45, 2.75) is 57.5 Å². The number of carbonyl (C=O) groups is 2. The van der Waals surface area contributed by atoms with Gasteiger partial charge in [0.15, 0.2) is 0 Å². The number of sulfonamides is 1. The van der Waals surface area contributed by atoms with Gasteiger partial charge in [0.1, 0.15) is 5.60 Å². The van der Waals surface area contributed by atoms with E-state index >= 15 is 0 Å². The van der Waals surface area contributed by atoms with E-state index in [9.17, 15) is 18.0 Å². The minimum atomic E-state index is -3.55. The molecule has 2 unspecified atom stereocenters. The van der Waals surface area contributed by atoms with Crippen molar-refractivity contribution in [2.24, 2.45) is 17.3 Å². The molecular formula is C17H25NO5S. The van der Waals surface area contributed by atoms with Crippen LogP contribution >= 0.6 is 0 Å². The summed E-state index contributed by atoms with van der Waals surface area (Å²) in [5.74, 6) is 0.0546. The van der Waals surface area contributed by atoms with Gasteiger partial charge in [-0.05, 0) is 62.7 Å². The molecule has 0 spiro atoms. The van der Waals surface area contributed by atoms with E-state index in [1.54, 1.807) is 6.92 Å². The maximum Gasteiger partial charge on any atom is 0.333 e. The van der Waals surface area contributed by atoms with Crippen LogP contribution in [0.3, 0.4) is 0 Å². The normalized spacial score (nSPS) is 37.1. The summed E-state index contributed by atoms with van der Waals surface area (Å²) in [6.45, 7) is 5.29. The van der Waals surface area contributed by atoms with Gasteiger partial charge in [-0.2, -0.15) is 0 Å². The van der Waals surface area contributed by atoms with Crippen LogP contribution < -0.4 is 4.72 Å². The van der Waals surface area contributed by atoms with Gasteiger partial charge in [0.25, 0.3) is 0 Å². The van der Waals surface area contributed by atoms with Crippen LogP contribution in [0.4, 0.5) is 0 Å². The Balaban J connectivity index is 1.79. The molecule has 0 aromatic carbocycles. The van der Waals surface area contributed by atoms with Crippen LogP contribution in [0, 0.1) is 17.3 Å². The third-order valence-corrected chi connectivity index (χ3v) is 6.22. The lowest BCUT2D eigenvalue weighted by atomic mass is 9.47. The fourth-order valence-electron chi connectivity index (χ4n) is 5.56. The van der Waals surface area contributed by atoms with Gasteiger partial charge in [-0.25, -0.2) is 13.2 Å². The van der Waals surface area contributed by atoms with E-state index in [-0.39, 0.29) is 17.8 Å². The van der Waals surface area contributed by atoms with Crippen LogP contribution in [0.25, 0.3) is 0 Å². The molecule has 0 heterocycles. The topological polar surface area (TPSA) is 89.5 Å². The van der Waals surface area contributed by atoms with Crippen molar-refractivity contribution >= 4 is 21.9 Å². The Bertz CT molecular complexity index is 682. The molecule has 4 saturated carbocycles. The minimum absolute atomic E-state index is 0.180. The summed E-state index contributed by atoms with van der Waals surface area (Å²) in [4.78, 5) is 24.2. The van der Waals surface area contributed by atoms with Crippen molar-refractivity contribution in [1.82, 2.24) is 4.72 Å². The first kappa shape index (κ1) is 17.5. The maximum atomic E-state index is 12.2. The number of nitrogens with one attached hydrogen (secondary N) is 1. The summed E-state index contributed by atoms with van der Waals surface area (Å²) in [5.41, 5.74) is -0.380. The lowest BCUT2D eigenvalue weighted by Crippen LogP contribution is -2.58. The van der Waals surface area contributed by atoms with Gasteiger partial charge < -0.3 is 4.74 Å². The van der Waals surface area contributed by atoms with Crippen LogP contribution in [-0.4, -0.2) is 32.2 Å². The number of hydrogen-bond donors (Lipinski definition) is 1. The van der Waals surface area contributed by atoms with Crippen LogP contribution in [0.5, 0.6) is 0 Å². The SMILES string of the molecule is C=C(C)C(=O)OC12CC3CC(CC(CC(=O)NS(C)(=O)=O)(C3)C1)C2. The molecule has 1 amide bonds. The third kappa shape index (κ3) is 3.50. The Morgan fingerprint density at radius 1 is 1.21 bits per heavy atom. The molecule has 0 aliphatic heterocycles. The van der Waals surface area contributed by atoms with Crippen molar-refractivity contribution in [1.29, 1.82) is 0 Å². The number of rotatable bonds is 5. The average Bonchev–Trinajstić information content (AvgIpc) is 2.32. The summed E-state index contributed by atoms with van der Waals surface area (Å²) in [6, 6.07) is 0. The summed E-state index contributed by atoms with van der Waals surface area (Å²) < 4.78 is 30.5. The molecular weight excluding hydrogens is 330 g/mol. The Morgan fingerprint density at radius 3 is 2.29 bits per heavy atom. The lowest BCUT2D eigenvalue weighted by molar-refractivity contribution is -0.199. The van der Waals surface area contributed by atoms with E-state index in [4.69, 9.17) is 4.74 Å². The van der Waals surface area contributed by atoms with Gasteiger partial charge in [-0.15, -0.1) is 0 Å². The van der Waals surface area contributed by atoms with E-state index in [1.165, 1.54) is 0 Å². The molecule has 24 heavy (non-hydrogen) atoms. The highest BCUT2D eigenvalue weighted by molar-refractivity contribution is 7.89. The molecule has 4 rings (SSSR count). The molecule has 4 fully saturated rings. The van der Waals surface area contributed by atoms with E-state index in [2.05, 4.69) is 11.3 Å². The number of esters is 1. The van der Waals surface area contributed by atoms with Crippen LogP contribution in [-0.2, 0) is 24.3 Å². The van der Waals surface area contributed by atoms with E-state index in [0.717, 1.165) is 38.4 Å². The largest absolute Gasteiger partial charge is 0.456 e. The lowest BCUT2D eigenvalue weighted by Gasteiger charge is -2.61. The van der Waals surface area contributed by atoms with Crippen LogP contribution in [0.2, 0.25) is 0 Å². The molecule has 0 aromatic heterocycles. The standard InChI is InChI=1S/C17H25NO5S/c1-11(2)15(20)23-17-7-12-4-13(8-17)6-16(5-12,10-17)9-14(19)18-24(3,21)22/h12-13H,1,4-10H2,2-3H3,(H,18,19). The van der Waals surface area contributed by atoms with Crippen molar-refractivity contribution in [3.63, 3.8) is 0 Å². The summed E-state index contributed by atoms with van der Waals surface area (Å²) >= 11 is 0. The molecule has 0 saturated heterocycles. The number of hydrogen-bond acceptors (Lipinski definition) is 5. The van der Waals surface area contributed by atoms with Crippen molar-refractivity contribution in [2.75, 3.05) is 6.26 Å². The van der Waals surface area contributed by atoms with E-state index < -0.39 is 21.5 Å². The molecule has 4 aliphatic carbocycles. The average molecular weight is 355 g/mol. The number of ether oxygens (including phenoxy) is 1. The van der Waals surface area contributed by atoms with E-state index in [1.807, 2.05) is 0 Å². The first-order valence-electron chi connectivity index (χ1n) is 8.39. The summed E-state index contributed by atoms with van der Waals surface area (Å²) in [6.07, 6.45) is 6.43. The quantitative estimate of drug-likeness (QED) is 0.601. The maximum absolute atomic E-state index is 12.2.